The number of nitrogens with one attached hydrogen (secondary N) is 2. The van der Waals surface area contributed by atoms with Gasteiger partial charge < -0.3 is 25.2 Å². The van der Waals surface area contributed by atoms with Crippen molar-refractivity contribution in [2.45, 2.75) is 32.6 Å². The lowest BCUT2D eigenvalue weighted by molar-refractivity contribution is -0.139. The Balaban J connectivity index is 1.51. The number of hydrogen-bond acceptors (Lipinski definition) is 5. The molecule has 0 unspecified atom stereocenters. The Labute approximate surface area is 232 Å². The predicted octanol–water partition coefficient (Wildman–Crippen LogP) is 5.23. The topological polar surface area (TPSA) is 114 Å². The Morgan fingerprint density at radius 2 is 1.35 bits per heavy atom. The van der Waals surface area contributed by atoms with Crippen LogP contribution in [0.25, 0.3) is 0 Å². The summed E-state index contributed by atoms with van der Waals surface area (Å²) in [6, 6.07) is 29.7. The molecule has 0 saturated heterocycles. The van der Waals surface area contributed by atoms with Gasteiger partial charge in [-0.2, -0.15) is 0 Å². The van der Waals surface area contributed by atoms with E-state index in [0.717, 1.165) is 11.1 Å². The second-order valence-corrected chi connectivity index (χ2v) is 9.16. The third kappa shape index (κ3) is 8.19. The van der Waals surface area contributed by atoms with Crippen molar-refractivity contribution in [2.24, 2.45) is 0 Å². The molecule has 4 rings (SSSR count). The Morgan fingerprint density at radius 1 is 0.725 bits per heavy atom. The number of hydrogen-bond donors (Lipinski definition) is 3. The molecule has 0 aliphatic heterocycles. The highest BCUT2D eigenvalue weighted by Crippen LogP contribution is 2.31. The minimum absolute atomic E-state index is 0.0210. The maximum Gasteiger partial charge on any atom is 0.326 e. The second kappa shape index (κ2) is 13.6. The average Bonchev–Trinajstić information content (AvgIpc) is 2.96. The number of rotatable bonds is 12. The third-order valence-corrected chi connectivity index (χ3v) is 5.97. The fraction of sp³-hybridized carbons (Fsp3) is 0.156. The van der Waals surface area contributed by atoms with Crippen molar-refractivity contribution in [3.8, 4) is 11.5 Å². The lowest BCUT2D eigenvalue weighted by Crippen LogP contribution is -2.42. The van der Waals surface area contributed by atoms with Gasteiger partial charge >= 0.3 is 5.97 Å². The molecule has 0 aliphatic rings. The van der Waals surface area contributed by atoms with E-state index in [4.69, 9.17) is 9.47 Å². The van der Waals surface area contributed by atoms with E-state index in [1.807, 2.05) is 60.7 Å². The highest BCUT2D eigenvalue weighted by atomic mass is 16.5. The molecule has 2 amide bonds. The first kappa shape index (κ1) is 27.9. The van der Waals surface area contributed by atoms with Crippen LogP contribution in [0.15, 0.2) is 103 Å². The monoisotopic (exact) mass is 538 g/mol. The van der Waals surface area contributed by atoms with Gasteiger partial charge in [-0.1, -0.05) is 72.8 Å². The molecule has 0 saturated carbocycles. The highest BCUT2D eigenvalue weighted by Gasteiger charge is 2.22. The van der Waals surface area contributed by atoms with Crippen molar-refractivity contribution >= 4 is 23.5 Å². The van der Waals surface area contributed by atoms with Crippen molar-refractivity contribution < 1.29 is 29.0 Å². The lowest BCUT2D eigenvalue weighted by atomic mass is 10.0. The first-order chi connectivity index (χ1) is 19.4. The van der Waals surface area contributed by atoms with Crippen LogP contribution in [0.1, 0.15) is 34.0 Å². The molecule has 0 bridgehead atoms. The number of carboxylic acids is 1. The summed E-state index contributed by atoms with van der Waals surface area (Å²) in [6.45, 7) is 2.01. The van der Waals surface area contributed by atoms with Gasteiger partial charge in [0.15, 0.2) is 11.5 Å². The first-order valence-corrected chi connectivity index (χ1v) is 12.7. The maximum absolute atomic E-state index is 12.9. The average molecular weight is 539 g/mol. The van der Waals surface area contributed by atoms with Crippen LogP contribution in [0.5, 0.6) is 11.5 Å². The molecular formula is C32H30N2O6. The molecule has 0 aromatic heterocycles. The summed E-state index contributed by atoms with van der Waals surface area (Å²) in [7, 11) is 0. The number of carboxylic acid groups (broad SMARTS) is 1. The van der Waals surface area contributed by atoms with Gasteiger partial charge in [0, 0.05) is 24.6 Å². The summed E-state index contributed by atoms with van der Waals surface area (Å²) in [5.74, 6) is -1.03. The van der Waals surface area contributed by atoms with Crippen molar-refractivity contribution in [1.82, 2.24) is 5.32 Å². The van der Waals surface area contributed by atoms with Crippen LogP contribution in [0, 0.1) is 0 Å². The van der Waals surface area contributed by atoms with Crippen LogP contribution in [0.4, 0.5) is 5.69 Å². The molecule has 40 heavy (non-hydrogen) atoms. The number of aliphatic carboxylic acids is 1. The number of carbonyl (C=O) groups is 3. The number of anilines is 1. The fourth-order valence-corrected chi connectivity index (χ4v) is 4.00. The largest absolute Gasteiger partial charge is 0.485 e. The zero-order valence-corrected chi connectivity index (χ0v) is 22.0. The molecule has 0 aliphatic carbocycles. The molecule has 204 valence electrons. The number of carbonyl (C=O) groups excluding carboxylic acids is 2. The SMILES string of the molecule is CC(=O)Nc1cccc(C(=O)N[C@@H](Cc2ccc(OCc3ccccc3)c(OCc3ccccc3)c2)C(=O)O)c1. The second-order valence-electron chi connectivity index (χ2n) is 9.16. The van der Waals surface area contributed by atoms with Crippen LogP contribution in [0.3, 0.4) is 0 Å². The maximum atomic E-state index is 12.9. The first-order valence-electron chi connectivity index (χ1n) is 12.7. The van der Waals surface area contributed by atoms with E-state index in [2.05, 4.69) is 10.6 Å². The zero-order valence-electron chi connectivity index (χ0n) is 22.0. The van der Waals surface area contributed by atoms with E-state index in [0.29, 0.717) is 36.0 Å². The molecule has 3 N–H and O–H groups in total. The molecule has 4 aromatic rings. The van der Waals surface area contributed by atoms with Crippen molar-refractivity contribution in [3.63, 3.8) is 0 Å². The van der Waals surface area contributed by atoms with Gasteiger partial charge in [-0.3, -0.25) is 9.59 Å². The van der Waals surface area contributed by atoms with Gasteiger partial charge in [0.2, 0.25) is 5.91 Å². The van der Waals surface area contributed by atoms with Crippen LogP contribution in [-0.2, 0) is 29.2 Å². The summed E-state index contributed by atoms with van der Waals surface area (Å²) >= 11 is 0. The zero-order chi connectivity index (χ0) is 28.3. The van der Waals surface area contributed by atoms with E-state index in [1.165, 1.54) is 13.0 Å². The fourth-order valence-electron chi connectivity index (χ4n) is 4.00. The summed E-state index contributed by atoms with van der Waals surface area (Å²) in [6.07, 6.45) is 0.0210. The molecule has 0 spiro atoms. The van der Waals surface area contributed by atoms with Gasteiger partial charge in [-0.25, -0.2) is 4.79 Å². The van der Waals surface area contributed by atoms with Crippen molar-refractivity contribution in [2.75, 3.05) is 5.32 Å². The Hall–Kier alpha value is -5.11. The van der Waals surface area contributed by atoms with E-state index in [1.54, 1.807) is 36.4 Å². The standard InChI is InChI=1S/C32H30N2O6/c1-22(35)33-27-14-8-13-26(19-27)31(36)34-28(32(37)38)17-25-15-16-29(39-20-23-9-4-2-5-10-23)30(18-25)40-21-24-11-6-3-7-12-24/h2-16,18-19,28H,17,20-21H2,1H3,(H,33,35)(H,34,36)(H,37,38)/t28-/m0/s1. The molecule has 8 nitrogen and oxygen atoms in total. The Morgan fingerprint density at radius 3 is 1.95 bits per heavy atom. The summed E-state index contributed by atoms with van der Waals surface area (Å²) in [5.41, 5.74) is 3.29. The van der Waals surface area contributed by atoms with Crippen LogP contribution in [-0.4, -0.2) is 28.9 Å². The predicted molar refractivity (Wildman–Crippen MR) is 151 cm³/mol. The molecular weight excluding hydrogens is 508 g/mol. The highest BCUT2D eigenvalue weighted by molar-refractivity contribution is 5.98. The number of ether oxygens (including phenoxy) is 2. The number of amides is 2. The Bertz CT molecular complexity index is 1460. The normalized spacial score (nSPS) is 11.2. The molecule has 4 aromatic carbocycles. The molecule has 8 heteroatoms. The van der Waals surface area contributed by atoms with Gasteiger partial charge in [0.1, 0.15) is 19.3 Å². The van der Waals surface area contributed by atoms with Crippen LogP contribution < -0.4 is 20.1 Å². The minimum Gasteiger partial charge on any atom is -0.485 e. The molecule has 0 fully saturated rings. The van der Waals surface area contributed by atoms with E-state index in [-0.39, 0.29) is 17.9 Å². The van der Waals surface area contributed by atoms with E-state index < -0.39 is 17.9 Å². The number of benzene rings is 4. The van der Waals surface area contributed by atoms with Crippen LogP contribution >= 0.6 is 0 Å². The minimum atomic E-state index is -1.20. The summed E-state index contributed by atoms with van der Waals surface area (Å²) in [4.78, 5) is 36.3. The van der Waals surface area contributed by atoms with E-state index >= 15 is 0 Å². The smallest absolute Gasteiger partial charge is 0.326 e. The quantitative estimate of drug-likeness (QED) is 0.228. The summed E-state index contributed by atoms with van der Waals surface area (Å²) < 4.78 is 12.1. The van der Waals surface area contributed by atoms with Crippen LogP contribution in [0.2, 0.25) is 0 Å². The van der Waals surface area contributed by atoms with Gasteiger partial charge in [-0.05, 0) is 47.0 Å². The van der Waals surface area contributed by atoms with Gasteiger partial charge in [-0.15, -0.1) is 0 Å². The van der Waals surface area contributed by atoms with Gasteiger partial charge in [0.05, 0.1) is 0 Å². The Kier molecular flexibility index (Phi) is 9.50. The summed E-state index contributed by atoms with van der Waals surface area (Å²) in [5, 5.41) is 15.1. The molecule has 1 atom stereocenters. The molecule has 0 heterocycles. The van der Waals surface area contributed by atoms with E-state index in [9.17, 15) is 19.5 Å². The van der Waals surface area contributed by atoms with Crippen molar-refractivity contribution in [3.05, 3.63) is 125 Å². The third-order valence-electron chi connectivity index (χ3n) is 5.97. The van der Waals surface area contributed by atoms with Crippen molar-refractivity contribution in [1.29, 1.82) is 0 Å². The molecule has 0 radical (unpaired) electrons. The lowest BCUT2D eigenvalue weighted by Gasteiger charge is -2.18. The van der Waals surface area contributed by atoms with Gasteiger partial charge in [0.25, 0.3) is 5.91 Å².